The van der Waals surface area contributed by atoms with Crippen LogP contribution in [0.25, 0.3) is 0 Å². The lowest BCUT2D eigenvalue weighted by molar-refractivity contribution is -0.384. The van der Waals surface area contributed by atoms with Gasteiger partial charge in [-0.25, -0.2) is 9.59 Å². The molecule has 25 heavy (non-hydrogen) atoms. The Morgan fingerprint density at radius 3 is 2.68 bits per heavy atom. The number of hydrogen-bond acceptors (Lipinski definition) is 6. The zero-order valence-electron chi connectivity index (χ0n) is 13.4. The lowest BCUT2D eigenvalue weighted by atomic mass is 10.1. The molecule has 0 atom stereocenters. The van der Waals surface area contributed by atoms with Gasteiger partial charge in [0, 0.05) is 35.8 Å². The van der Waals surface area contributed by atoms with E-state index < -0.39 is 4.92 Å². The van der Waals surface area contributed by atoms with Crippen molar-refractivity contribution in [3.05, 3.63) is 55.8 Å². The number of nitro benzene ring substituents is 1. The number of hydrogen-bond donors (Lipinski definition) is 1. The van der Waals surface area contributed by atoms with E-state index in [1.807, 2.05) is 0 Å². The zero-order chi connectivity index (χ0) is 18.0. The van der Waals surface area contributed by atoms with Gasteiger partial charge in [0.05, 0.1) is 12.0 Å². The van der Waals surface area contributed by atoms with Crippen molar-refractivity contribution in [2.24, 2.45) is 0 Å². The average Bonchev–Trinajstić information content (AvgIpc) is 3.04. The van der Waals surface area contributed by atoms with E-state index in [4.69, 9.17) is 4.74 Å². The van der Waals surface area contributed by atoms with E-state index >= 15 is 0 Å². The van der Waals surface area contributed by atoms with Crippen LogP contribution in [0.2, 0.25) is 0 Å². The largest absolute Gasteiger partial charge is 0.465 e. The lowest BCUT2D eigenvalue weighted by Crippen LogP contribution is -2.38. The number of anilines is 1. The van der Waals surface area contributed by atoms with Gasteiger partial charge in [-0.2, -0.15) is 0 Å². The van der Waals surface area contributed by atoms with Gasteiger partial charge in [-0.3, -0.25) is 10.1 Å². The van der Waals surface area contributed by atoms with Crippen molar-refractivity contribution in [1.82, 2.24) is 4.90 Å². The molecule has 0 bridgehead atoms. The van der Waals surface area contributed by atoms with Crippen molar-refractivity contribution < 1.29 is 19.2 Å². The van der Waals surface area contributed by atoms with Gasteiger partial charge in [-0.15, -0.1) is 11.3 Å². The fraction of sp³-hybridized carbons (Fsp3) is 0.250. The highest BCUT2D eigenvalue weighted by molar-refractivity contribution is 7.14. The number of nitrogens with zero attached hydrogens (tertiary/aromatic N) is 2. The van der Waals surface area contributed by atoms with Gasteiger partial charge < -0.3 is 15.0 Å². The first-order valence-corrected chi connectivity index (χ1v) is 8.30. The molecule has 9 heteroatoms. The minimum absolute atomic E-state index is 0.0331. The molecule has 2 aromatic rings. The summed E-state index contributed by atoms with van der Waals surface area (Å²) in [5, 5.41) is 13.4. The average molecular weight is 361 g/mol. The first kappa shape index (κ1) is 16.9. The molecule has 1 aromatic carbocycles. The highest BCUT2D eigenvalue weighted by Crippen LogP contribution is 2.29. The normalized spacial score (nSPS) is 13.1. The highest BCUT2D eigenvalue weighted by Gasteiger charge is 2.24. The molecule has 2 amide bonds. The summed E-state index contributed by atoms with van der Waals surface area (Å²) in [6, 6.07) is 7.13. The second-order valence-corrected chi connectivity index (χ2v) is 6.59. The minimum Gasteiger partial charge on any atom is -0.465 e. The Morgan fingerprint density at radius 2 is 2.04 bits per heavy atom. The van der Waals surface area contributed by atoms with Crippen molar-refractivity contribution in [3.63, 3.8) is 0 Å². The van der Waals surface area contributed by atoms with Crippen LogP contribution in [0.4, 0.5) is 16.2 Å². The predicted molar refractivity (Wildman–Crippen MR) is 91.9 cm³/mol. The Bertz CT molecular complexity index is 831. The minimum atomic E-state index is -0.493. The van der Waals surface area contributed by atoms with Crippen LogP contribution < -0.4 is 5.32 Å². The highest BCUT2D eigenvalue weighted by atomic mass is 32.1. The molecule has 1 aliphatic heterocycles. The van der Waals surface area contributed by atoms with Gasteiger partial charge >= 0.3 is 12.0 Å². The molecule has 8 nitrogen and oxygen atoms in total. The molecule has 0 saturated carbocycles. The van der Waals surface area contributed by atoms with Gasteiger partial charge in [0.15, 0.2) is 0 Å². The van der Waals surface area contributed by atoms with Crippen LogP contribution in [0.15, 0.2) is 30.3 Å². The third-order valence-electron chi connectivity index (χ3n) is 3.87. The number of thiophene rings is 1. The maximum absolute atomic E-state index is 12.4. The van der Waals surface area contributed by atoms with Gasteiger partial charge in [0.1, 0.15) is 4.88 Å². The standard InChI is InChI=1S/C16H15N3O5S/c1-24-15(20)14-8-10-9-18(7-6-13(10)25-14)16(21)17-11-2-4-12(5-3-11)19(22)23/h2-5,8H,6-7,9H2,1H3,(H,17,21). The van der Waals surface area contributed by atoms with Gasteiger partial charge in [0.2, 0.25) is 0 Å². The van der Waals surface area contributed by atoms with Crippen LogP contribution in [0.3, 0.4) is 0 Å². The number of fused-ring (bicyclic) bond motifs is 1. The summed E-state index contributed by atoms with van der Waals surface area (Å²) in [5.41, 5.74) is 1.40. The van der Waals surface area contributed by atoms with Gasteiger partial charge in [0.25, 0.3) is 5.69 Å². The van der Waals surface area contributed by atoms with Crippen LogP contribution in [0.1, 0.15) is 20.1 Å². The van der Waals surface area contributed by atoms with E-state index in [0.29, 0.717) is 30.1 Å². The number of urea groups is 1. The maximum atomic E-state index is 12.4. The molecule has 3 rings (SSSR count). The molecule has 0 radical (unpaired) electrons. The first-order chi connectivity index (χ1) is 12.0. The summed E-state index contributed by atoms with van der Waals surface area (Å²) in [7, 11) is 1.34. The van der Waals surface area contributed by atoms with Crippen molar-refractivity contribution >= 4 is 34.7 Å². The number of nitro groups is 1. The van der Waals surface area contributed by atoms with E-state index in [-0.39, 0.29) is 17.7 Å². The molecule has 1 aliphatic rings. The molecule has 0 spiro atoms. The van der Waals surface area contributed by atoms with Crippen LogP contribution in [-0.2, 0) is 17.7 Å². The van der Waals surface area contributed by atoms with Crippen LogP contribution in [-0.4, -0.2) is 35.5 Å². The number of benzene rings is 1. The van der Waals surface area contributed by atoms with Crippen LogP contribution in [0.5, 0.6) is 0 Å². The fourth-order valence-electron chi connectivity index (χ4n) is 2.58. The number of non-ortho nitro benzene ring substituents is 1. The molecule has 0 fully saturated rings. The molecule has 0 aliphatic carbocycles. The third-order valence-corrected chi connectivity index (χ3v) is 5.09. The summed E-state index contributed by atoms with van der Waals surface area (Å²) >= 11 is 1.39. The first-order valence-electron chi connectivity index (χ1n) is 7.48. The molecule has 130 valence electrons. The van der Waals surface area contributed by atoms with E-state index in [2.05, 4.69) is 5.32 Å². The van der Waals surface area contributed by atoms with Crippen molar-refractivity contribution in [3.8, 4) is 0 Å². The molecule has 1 aromatic heterocycles. The van der Waals surface area contributed by atoms with E-state index in [1.54, 1.807) is 11.0 Å². The topological polar surface area (TPSA) is 102 Å². The monoisotopic (exact) mass is 361 g/mol. The quantitative estimate of drug-likeness (QED) is 0.514. The second kappa shape index (κ2) is 6.89. The molecule has 1 N–H and O–H groups in total. The third kappa shape index (κ3) is 3.61. The van der Waals surface area contributed by atoms with Crippen molar-refractivity contribution in [1.29, 1.82) is 0 Å². The van der Waals surface area contributed by atoms with Crippen molar-refractivity contribution in [2.45, 2.75) is 13.0 Å². The smallest absolute Gasteiger partial charge is 0.348 e. The van der Waals surface area contributed by atoms with Gasteiger partial charge in [-0.1, -0.05) is 0 Å². The SMILES string of the molecule is COC(=O)c1cc2c(s1)CCN(C(=O)Nc1ccc([N+](=O)[O-])cc1)C2. The summed E-state index contributed by atoms with van der Waals surface area (Å²) in [4.78, 5) is 37.4. The van der Waals surface area contributed by atoms with Crippen molar-refractivity contribution in [2.75, 3.05) is 19.0 Å². The second-order valence-electron chi connectivity index (χ2n) is 5.46. The van der Waals surface area contributed by atoms with E-state index in [9.17, 15) is 19.7 Å². The number of rotatable bonds is 3. The van der Waals surface area contributed by atoms with Crippen LogP contribution >= 0.6 is 11.3 Å². The molecule has 0 saturated heterocycles. The number of ether oxygens (including phenoxy) is 1. The Hall–Kier alpha value is -2.94. The Labute approximate surface area is 147 Å². The Balaban J connectivity index is 1.66. The number of amides is 2. The fourth-order valence-corrected chi connectivity index (χ4v) is 3.66. The Morgan fingerprint density at radius 1 is 1.32 bits per heavy atom. The number of carbonyl (C=O) groups is 2. The summed E-state index contributed by atoms with van der Waals surface area (Å²) < 4.78 is 4.72. The summed E-state index contributed by atoms with van der Waals surface area (Å²) in [6.45, 7) is 0.939. The van der Waals surface area contributed by atoms with E-state index in [1.165, 1.54) is 42.7 Å². The number of methoxy groups -OCH3 is 1. The molecular weight excluding hydrogens is 346 g/mol. The lowest BCUT2D eigenvalue weighted by Gasteiger charge is -2.27. The summed E-state index contributed by atoms with van der Waals surface area (Å²) in [5.74, 6) is -0.374. The van der Waals surface area contributed by atoms with E-state index in [0.717, 1.165) is 10.4 Å². The maximum Gasteiger partial charge on any atom is 0.348 e. The molecule has 2 heterocycles. The van der Waals surface area contributed by atoms with Crippen LogP contribution in [0, 0.1) is 10.1 Å². The number of carbonyl (C=O) groups excluding carboxylic acids is 2. The molecule has 0 unspecified atom stereocenters. The predicted octanol–water partition coefficient (Wildman–Crippen LogP) is 3.03. The number of nitrogens with one attached hydrogen (secondary N) is 1. The zero-order valence-corrected chi connectivity index (χ0v) is 14.2. The molecular formula is C16H15N3O5S. The number of esters is 1. The summed E-state index contributed by atoms with van der Waals surface area (Å²) in [6.07, 6.45) is 0.671. The van der Waals surface area contributed by atoms with Gasteiger partial charge in [-0.05, 0) is 30.2 Å². The Kier molecular flexibility index (Phi) is 4.66.